The average molecular weight is 402 g/mol. The number of nitrogens with zero attached hydrogens (tertiary/aromatic N) is 2. The standard InChI is InChI=1S/C17H33BN2O4P2/c1-13(2)20(14(3)4)25(22-10-7-9-19)24-16-12-15(23-17(16)18)8-11-26(5,6)21/h13-17H,7-8,10-12H2,1-6H3/t15-,16?,17-,25?/m1/s1. The highest BCUT2D eigenvalue weighted by molar-refractivity contribution is 7.62. The lowest BCUT2D eigenvalue weighted by Crippen LogP contribution is -2.36. The number of nitriles is 1. The molecule has 1 saturated heterocycles. The van der Waals surface area contributed by atoms with Gasteiger partial charge in [0.05, 0.1) is 38.4 Å². The van der Waals surface area contributed by atoms with Crippen molar-refractivity contribution in [2.24, 2.45) is 0 Å². The third-order valence-electron chi connectivity index (χ3n) is 4.09. The van der Waals surface area contributed by atoms with Gasteiger partial charge in [-0.15, -0.1) is 0 Å². The van der Waals surface area contributed by atoms with Crippen LogP contribution >= 0.6 is 15.7 Å². The Morgan fingerprint density at radius 1 is 1.35 bits per heavy atom. The molecular weight excluding hydrogens is 369 g/mol. The first-order valence-electron chi connectivity index (χ1n) is 9.25. The Labute approximate surface area is 161 Å². The Morgan fingerprint density at radius 2 is 1.96 bits per heavy atom. The molecule has 0 aromatic rings. The predicted octanol–water partition coefficient (Wildman–Crippen LogP) is 3.94. The summed E-state index contributed by atoms with van der Waals surface area (Å²) in [5, 5.41) is 8.78. The van der Waals surface area contributed by atoms with Gasteiger partial charge < -0.3 is 18.3 Å². The van der Waals surface area contributed by atoms with Crippen molar-refractivity contribution in [1.82, 2.24) is 4.67 Å². The van der Waals surface area contributed by atoms with Crippen LogP contribution < -0.4 is 0 Å². The van der Waals surface area contributed by atoms with Gasteiger partial charge >= 0.3 is 0 Å². The Hall–Kier alpha value is 0.0549. The van der Waals surface area contributed by atoms with E-state index < -0.39 is 21.7 Å². The zero-order chi connectivity index (χ0) is 19.9. The van der Waals surface area contributed by atoms with Gasteiger partial charge in [0, 0.05) is 30.7 Å². The lowest BCUT2D eigenvalue weighted by atomic mass is 9.94. The molecule has 0 amide bonds. The second-order valence-corrected chi connectivity index (χ2v) is 12.7. The summed E-state index contributed by atoms with van der Waals surface area (Å²) in [7, 11) is 2.73. The minimum Gasteiger partial charge on any atom is -0.382 e. The number of rotatable bonds is 11. The lowest BCUT2D eigenvalue weighted by molar-refractivity contribution is 0.0582. The van der Waals surface area contributed by atoms with Crippen LogP contribution in [0.5, 0.6) is 0 Å². The second-order valence-electron chi connectivity index (χ2n) is 7.74. The first kappa shape index (κ1) is 24.1. The third kappa shape index (κ3) is 8.38. The highest BCUT2D eigenvalue weighted by Crippen LogP contribution is 2.49. The Bertz CT molecular complexity index is 501. The molecule has 0 aromatic carbocycles. The van der Waals surface area contributed by atoms with Gasteiger partial charge in [-0.05, 0) is 47.4 Å². The van der Waals surface area contributed by atoms with Crippen LogP contribution in [0, 0.1) is 11.3 Å². The maximum absolute atomic E-state index is 11.9. The van der Waals surface area contributed by atoms with Gasteiger partial charge in [-0.1, -0.05) is 0 Å². The normalized spacial score (nSPS) is 25.2. The first-order valence-corrected chi connectivity index (χ1v) is 13.2. The second kappa shape index (κ2) is 11.2. The molecule has 0 aliphatic carbocycles. The van der Waals surface area contributed by atoms with Gasteiger partial charge in [-0.3, -0.25) is 0 Å². The molecule has 1 fully saturated rings. The van der Waals surface area contributed by atoms with Crippen LogP contribution in [0.3, 0.4) is 0 Å². The molecular formula is C17H33BN2O4P2. The Balaban J connectivity index is 2.73. The molecule has 1 heterocycles. The molecule has 2 radical (unpaired) electrons. The van der Waals surface area contributed by atoms with Crippen LogP contribution in [-0.2, 0) is 18.3 Å². The molecule has 0 N–H and O–H groups in total. The predicted molar refractivity (Wildman–Crippen MR) is 108 cm³/mol. The van der Waals surface area contributed by atoms with E-state index in [1.54, 1.807) is 13.3 Å². The molecule has 0 bridgehead atoms. The van der Waals surface area contributed by atoms with Crippen molar-refractivity contribution in [2.75, 3.05) is 26.1 Å². The van der Waals surface area contributed by atoms with E-state index in [1.807, 2.05) is 0 Å². The molecule has 1 aliphatic heterocycles. The highest BCUT2D eigenvalue weighted by atomic mass is 31.2. The van der Waals surface area contributed by atoms with Gasteiger partial charge in [-0.2, -0.15) is 5.26 Å². The summed E-state index contributed by atoms with van der Waals surface area (Å²) in [6, 6.07) is 2.06. The van der Waals surface area contributed by atoms with Crippen molar-refractivity contribution in [1.29, 1.82) is 5.26 Å². The van der Waals surface area contributed by atoms with E-state index in [9.17, 15) is 4.57 Å². The number of hydrogen-bond donors (Lipinski definition) is 0. The minimum atomic E-state index is -2.07. The van der Waals surface area contributed by atoms with E-state index in [2.05, 4.69) is 38.4 Å². The summed E-state index contributed by atoms with van der Waals surface area (Å²) in [6.45, 7) is 12.3. The monoisotopic (exact) mass is 402 g/mol. The van der Waals surface area contributed by atoms with Gasteiger partial charge in [-0.25, -0.2) is 4.67 Å². The van der Waals surface area contributed by atoms with Gasteiger partial charge in [0.15, 0.2) is 0 Å². The summed E-state index contributed by atoms with van der Waals surface area (Å²) >= 11 is 0. The quantitative estimate of drug-likeness (QED) is 0.296. The molecule has 148 valence electrons. The fourth-order valence-corrected chi connectivity index (χ4v) is 5.56. The molecule has 26 heavy (non-hydrogen) atoms. The van der Waals surface area contributed by atoms with Gasteiger partial charge in [0.1, 0.15) is 7.85 Å². The third-order valence-corrected chi connectivity index (χ3v) is 7.58. The zero-order valence-corrected chi connectivity index (χ0v) is 18.7. The maximum Gasteiger partial charge on any atom is 0.259 e. The smallest absolute Gasteiger partial charge is 0.259 e. The van der Waals surface area contributed by atoms with Gasteiger partial charge in [0.25, 0.3) is 8.53 Å². The molecule has 0 aromatic heterocycles. The van der Waals surface area contributed by atoms with Crippen LogP contribution in [-0.4, -0.2) is 68.9 Å². The molecule has 4 atom stereocenters. The van der Waals surface area contributed by atoms with Crippen molar-refractivity contribution in [3.8, 4) is 6.07 Å². The van der Waals surface area contributed by atoms with Crippen molar-refractivity contribution >= 4 is 23.5 Å². The number of ether oxygens (including phenoxy) is 1. The van der Waals surface area contributed by atoms with E-state index in [0.717, 1.165) is 6.42 Å². The Kier molecular flexibility index (Phi) is 10.3. The Morgan fingerprint density at radius 3 is 2.46 bits per heavy atom. The van der Waals surface area contributed by atoms with E-state index in [4.69, 9.17) is 26.9 Å². The van der Waals surface area contributed by atoms with Crippen molar-refractivity contribution in [3.63, 3.8) is 0 Å². The van der Waals surface area contributed by atoms with Gasteiger partial charge in [0.2, 0.25) is 0 Å². The van der Waals surface area contributed by atoms with Crippen molar-refractivity contribution in [3.05, 3.63) is 0 Å². The van der Waals surface area contributed by atoms with E-state index in [1.165, 1.54) is 0 Å². The summed E-state index contributed by atoms with van der Waals surface area (Å²) in [6.07, 6.45) is 2.07. The van der Waals surface area contributed by atoms with Crippen LogP contribution in [0.4, 0.5) is 0 Å². The molecule has 2 unspecified atom stereocenters. The van der Waals surface area contributed by atoms with Crippen LogP contribution in [0.25, 0.3) is 0 Å². The summed E-state index contributed by atoms with van der Waals surface area (Å²) < 4.78 is 32.1. The van der Waals surface area contributed by atoms with E-state index in [0.29, 0.717) is 25.6 Å². The summed E-state index contributed by atoms with van der Waals surface area (Å²) in [4.78, 5) is 0. The first-order chi connectivity index (χ1) is 12.0. The number of hydrogen-bond acceptors (Lipinski definition) is 6. The van der Waals surface area contributed by atoms with Crippen molar-refractivity contribution < 1.29 is 18.3 Å². The topological polar surface area (TPSA) is 71.8 Å². The maximum atomic E-state index is 11.9. The van der Waals surface area contributed by atoms with E-state index >= 15 is 0 Å². The zero-order valence-electron chi connectivity index (χ0n) is 16.9. The molecule has 0 saturated carbocycles. The molecule has 9 heteroatoms. The lowest BCUT2D eigenvalue weighted by Gasteiger charge is -2.37. The van der Waals surface area contributed by atoms with E-state index in [-0.39, 0.29) is 24.3 Å². The fourth-order valence-electron chi connectivity index (χ4n) is 2.91. The van der Waals surface area contributed by atoms with Crippen LogP contribution in [0.1, 0.15) is 47.0 Å². The highest BCUT2D eigenvalue weighted by Gasteiger charge is 2.38. The molecule has 1 aliphatic rings. The molecule has 6 nitrogen and oxygen atoms in total. The van der Waals surface area contributed by atoms with Crippen LogP contribution in [0.15, 0.2) is 0 Å². The van der Waals surface area contributed by atoms with Crippen LogP contribution in [0.2, 0.25) is 0 Å². The molecule has 1 rings (SSSR count). The largest absolute Gasteiger partial charge is 0.382 e. The SMILES string of the molecule is [B][C@@H]1O[C@H](CCP(C)(C)=O)CC1OP(OCCC#N)N(C(C)C)C(C)C. The fraction of sp³-hybridized carbons (Fsp3) is 0.941. The molecule has 0 spiro atoms. The minimum absolute atomic E-state index is 0.0364. The average Bonchev–Trinajstić information content (AvgIpc) is 2.84. The van der Waals surface area contributed by atoms with Crippen molar-refractivity contribution in [2.45, 2.75) is 77.3 Å². The summed E-state index contributed by atoms with van der Waals surface area (Å²) in [5.41, 5.74) is 0. The summed E-state index contributed by atoms with van der Waals surface area (Å²) in [5.74, 6) is 0.